The maximum absolute atomic E-state index is 12.0. The molecule has 0 fully saturated rings. The van der Waals surface area contributed by atoms with Gasteiger partial charge in [0.2, 0.25) is 0 Å². The average molecular weight is 255 g/mol. The maximum Gasteiger partial charge on any atom is 0.277 e. The molecule has 0 spiro atoms. The number of aromatic nitrogens is 2. The van der Waals surface area contributed by atoms with Gasteiger partial charge in [0.15, 0.2) is 0 Å². The van der Waals surface area contributed by atoms with Gasteiger partial charge in [-0.1, -0.05) is 26.1 Å². The van der Waals surface area contributed by atoms with Crippen LogP contribution in [0.1, 0.15) is 31.0 Å². The lowest BCUT2D eigenvalue weighted by Crippen LogP contribution is -2.33. The summed E-state index contributed by atoms with van der Waals surface area (Å²) in [4.78, 5) is 12.1. The standard InChI is InChI=1S/C11H17N3O2S/c1-7(2)9-6-8(10(12)17)11(15)14(13-9)4-5-16-3/h6-7H,4-5H2,1-3H3,(H2,12,17). The van der Waals surface area contributed by atoms with E-state index >= 15 is 0 Å². The van der Waals surface area contributed by atoms with E-state index in [9.17, 15) is 4.79 Å². The lowest BCUT2D eigenvalue weighted by Gasteiger charge is -2.11. The number of hydrogen-bond donors (Lipinski definition) is 1. The van der Waals surface area contributed by atoms with Crippen molar-refractivity contribution in [3.8, 4) is 0 Å². The van der Waals surface area contributed by atoms with Gasteiger partial charge < -0.3 is 10.5 Å². The molecule has 0 unspecified atom stereocenters. The molecule has 94 valence electrons. The van der Waals surface area contributed by atoms with Gasteiger partial charge in [0.1, 0.15) is 4.99 Å². The Morgan fingerprint density at radius 1 is 1.65 bits per heavy atom. The number of nitrogens with zero attached hydrogens (tertiary/aromatic N) is 2. The minimum atomic E-state index is -0.265. The van der Waals surface area contributed by atoms with Crippen LogP contribution in [0, 0.1) is 0 Å². The quantitative estimate of drug-likeness (QED) is 0.782. The van der Waals surface area contributed by atoms with Crippen molar-refractivity contribution in [2.75, 3.05) is 13.7 Å². The Morgan fingerprint density at radius 3 is 2.76 bits per heavy atom. The summed E-state index contributed by atoms with van der Waals surface area (Å²) in [6.45, 7) is 4.81. The van der Waals surface area contributed by atoms with Crippen molar-refractivity contribution in [2.24, 2.45) is 5.73 Å². The molecule has 0 saturated carbocycles. The molecule has 1 aromatic heterocycles. The molecule has 0 aromatic carbocycles. The van der Waals surface area contributed by atoms with Gasteiger partial charge in [-0.2, -0.15) is 5.10 Å². The molecule has 17 heavy (non-hydrogen) atoms. The van der Waals surface area contributed by atoms with Crippen molar-refractivity contribution in [2.45, 2.75) is 26.3 Å². The minimum Gasteiger partial charge on any atom is -0.389 e. The van der Waals surface area contributed by atoms with Crippen molar-refractivity contribution < 1.29 is 4.74 Å². The first-order valence-corrected chi connectivity index (χ1v) is 5.79. The average Bonchev–Trinajstić information content (AvgIpc) is 2.26. The van der Waals surface area contributed by atoms with Crippen LogP contribution in [0.3, 0.4) is 0 Å². The number of ether oxygens (including phenoxy) is 1. The van der Waals surface area contributed by atoms with Crippen molar-refractivity contribution in [3.63, 3.8) is 0 Å². The second-order valence-corrected chi connectivity index (χ2v) is 4.46. The van der Waals surface area contributed by atoms with Gasteiger partial charge in [-0.3, -0.25) is 4.79 Å². The molecule has 6 heteroatoms. The molecule has 5 nitrogen and oxygen atoms in total. The van der Waals surface area contributed by atoms with Crippen molar-refractivity contribution >= 4 is 17.2 Å². The fourth-order valence-corrected chi connectivity index (χ4v) is 1.50. The molecule has 1 heterocycles. The molecule has 1 aromatic rings. The Balaban J connectivity index is 3.28. The second kappa shape index (κ2) is 5.88. The first-order chi connectivity index (χ1) is 7.97. The highest BCUT2D eigenvalue weighted by Gasteiger charge is 2.12. The Hall–Kier alpha value is -1.27. The zero-order valence-corrected chi connectivity index (χ0v) is 11.1. The fraction of sp³-hybridized carbons (Fsp3) is 0.545. The SMILES string of the molecule is COCCn1nc(C(C)C)cc(C(N)=S)c1=O. The van der Waals surface area contributed by atoms with E-state index in [2.05, 4.69) is 5.10 Å². The van der Waals surface area contributed by atoms with Gasteiger partial charge in [-0.15, -0.1) is 0 Å². The van der Waals surface area contributed by atoms with Crippen molar-refractivity contribution in [1.29, 1.82) is 0 Å². The third kappa shape index (κ3) is 3.34. The van der Waals surface area contributed by atoms with Crippen LogP contribution in [0.5, 0.6) is 0 Å². The number of hydrogen-bond acceptors (Lipinski definition) is 4. The van der Waals surface area contributed by atoms with Gasteiger partial charge in [-0.05, 0) is 12.0 Å². The third-order valence-electron chi connectivity index (χ3n) is 2.36. The van der Waals surface area contributed by atoms with Crippen LogP contribution in [0.25, 0.3) is 0 Å². The number of nitrogens with two attached hydrogens (primary N) is 1. The van der Waals surface area contributed by atoms with Crippen LogP contribution in [-0.2, 0) is 11.3 Å². The highest BCUT2D eigenvalue weighted by Crippen LogP contribution is 2.10. The summed E-state index contributed by atoms with van der Waals surface area (Å²) in [5, 5.41) is 4.26. The topological polar surface area (TPSA) is 70.1 Å². The Labute approximate surface area is 106 Å². The predicted molar refractivity (Wildman–Crippen MR) is 70.3 cm³/mol. The smallest absolute Gasteiger partial charge is 0.277 e. The van der Waals surface area contributed by atoms with Crippen molar-refractivity contribution in [1.82, 2.24) is 9.78 Å². The third-order valence-corrected chi connectivity index (χ3v) is 2.58. The van der Waals surface area contributed by atoms with Gasteiger partial charge in [-0.25, -0.2) is 4.68 Å². The normalized spacial score (nSPS) is 10.8. The molecule has 0 aliphatic rings. The molecule has 0 saturated heterocycles. The second-order valence-electron chi connectivity index (χ2n) is 4.02. The van der Waals surface area contributed by atoms with Crippen LogP contribution >= 0.6 is 12.2 Å². The maximum atomic E-state index is 12.0. The summed E-state index contributed by atoms with van der Waals surface area (Å²) in [7, 11) is 1.58. The van der Waals surface area contributed by atoms with Crippen LogP contribution in [0.2, 0.25) is 0 Å². The number of rotatable bonds is 5. The van der Waals surface area contributed by atoms with Gasteiger partial charge in [0.25, 0.3) is 5.56 Å². The highest BCUT2D eigenvalue weighted by atomic mass is 32.1. The molecule has 1 rings (SSSR count). The highest BCUT2D eigenvalue weighted by molar-refractivity contribution is 7.80. The zero-order chi connectivity index (χ0) is 13.0. The van der Waals surface area contributed by atoms with Crippen LogP contribution in [-0.4, -0.2) is 28.5 Å². The summed E-state index contributed by atoms with van der Waals surface area (Å²) in [6.07, 6.45) is 0. The lowest BCUT2D eigenvalue weighted by molar-refractivity contribution is 0.181. The van der Waals surface area contributed by atoms with Gasteiger partial charge >= 0.3 is 0 Å². The van der Waals surface area contributed by atoms with E-state index in [1.54, 1.807) is 13.2 Å². The van der Waals surface area contributed by atoms with E-state index in [1.165, 1.54) is 4.68 Å². The zero-order valence-electron chi connectivity index (χ0n) is 10.3. The number of thiocarbonyl (C=S) groups is 1. The molecule has 0 radical (unpaired) electrons. The summed E-state index contributed by atoms with van der Waals surface area (Å²) in [5.41, 5.74) is 6.41. The summed E-state index contributed by atoms with van der Waals surface area (Å²) in [5.74, 6) is 0.206. The molecular weight excluding hydrogens is 238 g/mol. The molecule has 0 amide bonds. The Bertz CT molecular complexity index is 468. The van der Waals surface area contributed by atoms with E-state index in [4.69, 9.17) is 22.7 Å². The van der Waals surface area contributed by atoms with Crippen LogP contribution < -0.4 is 11.3 Å². The molecule has 0 bridgehead atoms. The summed E-state index contributed by atoms with van der Waals surface area (Å²) >= 11 is 4.87. The molecule has 0 atom stereocenters. The lowest BCUT2D eigenvalue weighted by atomic mass is 10.1. The minimum absolute atomic E-state index is 0.102. The molecular formula is C11H17N3O2S. The van der Waals surface area contributed by atoms with E-state index in [0.717, 1.165) is 5.69 Å². The van der Waals surface area contributed by atoms with Crippen LogP contribution in [0.4, 0.5) is 0 Å². The number of methoxy groups -OCH3 is 1. The first-order valence-electron chi connectivity index (χ1n) is 5.38. The summed E-state index contributed by atoms with van der Waals surface area (Å²) in [6, 6.07) is 1.67. The van der Waals surface area contributed by atoms with E-state index < -0.39 is 0 Å². The van der Waals surface area contributed by atoms with Crippen LogP contribution in [0.15, 0.2) is 10.9 Å². The summed E-state index contributed by atoms with van der Waals surface area (Å²) < 4.78 is 6.29. The van der Waals surface area contributed by atoms with Crippen molar-refractivity contribution in [3.05, 3.63) is 27.7 Å². The van der Waals surface area contributed by atoms with E-state index in [1.807, 2.05) is 13.8 Å². The van der Waals surface area contributed by atoms with Gasteiger partial charge in [0, 0.05) is 7.11 Å². The first kappa shape index (κ1) is 13.8. The van der Waals surface area contributed by atoms with E-state index in [0.29, 0.717) is 18.7 Å². The predicted octanol–water partition coefficient (Wildman–Crippen LogP) is 0.647. The molecule has 0 aliphatic heterocycles. The van der Waals surface area contributed by atoms with Gasteiger partial charge in [0.05, 0.1) is 24.4 Å². The Kier molecular flexibility index (Phi) is 4.77. The Morgan fingerprint density at radius 2 is 2.29 bits per heavy atom. The fourth-order valence-electron chi connectivity index (χ4n) is 1.35. The largest absolute Gasteiger partial charge is 0.389 e. The molecule has 0 aliphatic carbocycles. The monoisotopic (exact) mass is 255 g/mol. The van der Waals surface area contributed by atoms with E-state index in [-0.39, 0.29) is 16.5 Å². The molecule has 2 N–H and O–H groups in total.